The van der Waals surface area contributed by atoms with Crippen LogP contribution in [0.25, 0.3) is 0 Å². The molecule has 24 heavy (non-hydrogen) atoms. The Kier molecular flexibility index (Phi) is 9.63. The molecule has 1 saturated heterocycles. The van der Waals surface area contributed by atoms with Gasteiger partial charge in [-0.3, -0.25) is 4.79 Å². The minimum atomic E-state index is 0. The van der Waals surface area contributed by atoms with Crippen LogP contribution in [0.15, 0.2) is 18.3 Å². The van der Waals surface area contributed by atoms with Gasteiger partial charge in [-0.2, -0.15) is 0 Å². The van der Waals surface area contributed by atoms with Crippen molar-refractivity contribution in [1.82, 2.24) is 9.88 Å². The molecule has 2 rings (SSSR count). The Hall–Kier alpha value is -1.04. The number of pyridine rings is 1. The summed E-state index contributed by atoms with van der Waals surface area (Å²) in [5.41, 5.74) is 6.40. The van der Waals surface area contributed by atoms with Gasteiger partial charge in [-0.1, -0.05) is 0 Å². The number of carbonyl (C=O) groups excluding carboxylic acids is 1. The van der Waals surface area contributed by atoms with Crippen LogP contribution in [0, 0.1) is 5.92 Å². The molecule has 5 nitrogen and oxygen atoms in total. The summed E-state index contributed by atoms with van der Waals surface area (Å²) in [5.74, 6) is 1.40. The summed E-state index contributed by atoms with van der Waals surface area (Å²) in [6, 6.07) is 4.47. The topological polar surface area (TPSA) is 62.5 Å². The normalized spacial score (nSPS) is 19.7. The number of nitrogens with two attached hydrogens (primary N) is 1. The van der Waals surface area contributed by atoms with E-state index in [4.69, 9.17) is 5.73 Å². The fraction of sp³-hybridized carbons (Fsp3) is 0.647. The minimum absolute atomic E-state index is 0. The Morgan fingerprint density at radius 3 is 2.50 bits per heavy atom. The number of hydrogen-bond acceptors (Lipinski definition) is 4. The van der Waals surface area contributed by atoms with Crippen molar-refractivity contribution in [2.75, 3.05) is 24.5 Å². The van der Waals surface area contributed by atoms with E-state index in [1.807, 2.05) is 17.0 Å². The van der Waals surface area contributed by atoms with Crippen molar-refractivity contribution in [3.8, 4) is 0 Å². The van der Waals surface area contributed by atoms with Crippen LogP contribution in [0.2, 0.25) is 0 Å². The number of aromatic nitrogens is 1. The summed E-state index contributed by atoms with van der Waals surface area (Å²) in [5, 5.41) is 0. The van der Waals surface area contributed by atoms with Gasteiger partial charge in [0, 0.05) is 31.4 Å². The number of anilines is 1. The van der Waals surface area contributed by atoms with E-state index in [9.17, 15) is 4.79 Å². The van der Waals surface area contributed by atoms with Gasteiger partial charge < -0.3 is 15.5 Å². The molecule has 0 saturated carbocycles. The third-order valence-corrected chi connectivity index (χ3v) is 4.51. The Bertz CT molecular complexity index is 510. The molecule has 1 aromatic rings. The molecule has 0 radical (unpaired) electrons. The molecule has 2 N–H and O–H groups in total. The Morgan fingerprint density at radius 1 is 1.42 bits per heavy atom. The molecule has 0 bridgehead atoms. The number of carbonyl (C=O) groups is 1. The van der Waals surface area contributed by atoms with Crippen molar-refractivity contribution in [3.63, 3.8) is 0 Å². The smallest absolute Gasteiger partial charge is 0.255 e. The third-order valence-electron chi connectivity index (χ3n) is 4.51. The van der Waals surface area contributed by atoms with Crippen LogP contribution >= 0.6 is 24.8 Å². The molecule has 1 aromatic heterocycles. The Labute approximate surface area is 157 Å². The van der Waals surface area contributed by atoms with E-state index < -0.39 is 0 Å². The van der Waals surface area contributed by atoms with Gasteiger partial charge in [0.1, 0.15) is 5.82 Å². The van der Waals surface area contributed by atoms with Crippen LogP contribution in [0.4, 0.5) is 5.82 Å². The summed E-state index contributed by atoms with van der Waals surface area (Å²) in [7, 11) is 0. The van der Waals surface area contributed by atoms with Crippen LogP contribution < -0.4 is 10.6 Å². The summed E-state index contributed by atoms with van der Waals surface area (Å²) >= 11 is 0. The van der Waals surface area contributed by atoms with Crippen molar-refractivity contribution in [3.05, 3.63) is 23.9 Å². The van der Waals surface area contributed by atoms with Gasteiger partial charge in [0.2, 0.25) is 0 Å². The second kappa shape index (κ2) is 10.1. The molecule has 0 aliphatic carbocycles. The maximum Gasteiger partial charge on any atom is 0.255 e. The first-order chi connectivity index (χ1) is 10.5. The lowest BCUT2D eigenvalue weighted by molar-refractivity contribution is 0.0743. The van der Waals surface area contributed by atoms with E-state index in [0.29, 0.717) is 24.1 Å². The highest BCUT2D eigenvalue weighted by atomic mass is 35.5. The monoisotopic (exact) mass is 376 g/mol. The van der Waals surface area contributed by atoms with Gasteiger partial charge in [-0.25, -0.2) is 4.98 Å². The molecule has 2 atom stereocenters. The first-order valence-electron chi connectivity index (χ1n) is 8.21. The van der Waals surface area contributed by atoms with E-state index in [2.05, 4.69) is 37.6 Å². The molecular formula is C17H30Cl2N4O. The van der Waals surface area contributed by atoms with Crippen molar-refractivity contribution >= 4 is 36.5 Å². The zero-order valence-corrected chi connectivity index (χ0v) is 16.6. The summed E-state index contributed by atoms with van der Waals surface area (Å²) in [6.07, 6.45) is 2.69. The highest BCUT2D eigenvalue weighted by Gasteiger charge is 2.32. The maximum absolute atomic E-state index is 12.6. The van der Waals surface area contributed by atoms with Crippen LogP contribution in [0.3, 0.4) is 0 Å². The highest BCUT2D eigenvalue weighted by molar-refractivity contribution is 5.94. The number of likely N-dealkylation sites (tertiary alicyclic amines) is 1. The molecule has 0 aromatic carbocycles. The van der Waals surface area contributed by atoms with Gasteiger partial charge in [0.25, 0.3) is 5.91 Å². The predicted molar refractivity (Wildman–Crippen MR) is 105 cm³/mol. The lowest BCUT2D eigenvalue weighted by Gasteiger charge is -2.26. The van der Waals surface area contributed by atoms with E-state index in [-0.39, 0.29) is 36.8 Å². The molecule has 7 heteroatoms. The number of rotatable bonds is 5. The largest absolute Gasteiger partial charge is 0.354 e. The van der Waals surface area contributed by atoms with Gasteiger partial charge in [-0.05, 0) is 58.7 Å². The van der Waals surface area contributed by atoms with Crippen LogP contribution in [0.1, 0.15) is 44.5 Å². The molecule has 1 aliphatic rings. The molecule has 1 amide bonds. The fourth-order valence-corrected chi connectivity index (χ4v) is 3.24. The first-order valence-corrected chi connectivity index (χ1v) is 8.21. The lowest BCUT2D eigenvalue weighted by atomic mass is 10.1. The molecule has 2 heterocycles. The fourth-order valence-electron chi connectivity index (χ4n) is 3.24. The van der Waals surface area contributed by atoms with Crippen molar-refractivity contribution in [2.24, 2.45) is 11.7 Å². The molecule has 2 unspecified atom stereocenters. The van der Waals surface area contributed by atoms with Crippen LogP contribution in [-0.2, 0) is 0 Å². The van der Waals surface area contributed by atoms with Gasteiger partial charge in [0.05, 0.1) is 5.56 Å². The molecule has 1 aliphatic heterocycles. The minimum Gasteiger partial charge on any atom is -0.354 e. The molecule has 0 spiro atoms. The van der Waals surface area contributed by atoms with Crippen molar-refractivity contribution < 1.29 is 4.79 Å². The summed E-state index contributed by atoms with van der Waals surface area (Å²) in [6.45, 7) is 10.8. The average Bonchev–Trinajstić information content (AvgIpc) is 2.89. The Morgan fingerprint density at radius 2 is 2.08 bits per heavy atom. The zero-order chi connectivity index (χ0) is 16.3. The highest BCUT2D eigenvalue weighted by Crippen LogP contribution is 2.24. The van der Waals surface area contributed by atoms with Gasteiger partial charge in [-0.15, -0.1) is 24.8 Å². The summed E-state index contributed by atoms with van der Waals surface area (Å²) in [4.78, 5) is 21.2. The average molecular weight is 377 g/mol. The summed E-state index contributed by atoms with van der Waals surface area (Å²) < 4.78 is 0. The van der Waals surface area contributed by atoms with E-state index in [1.54, 1.807) is 6.20 Å². The second-order valence-electron chi connectivity index (χ2n) is 6.43. The van der Waals surface area contributed by atoms with Crippen molar-refractivity contribution in [1.29, 1.82) is 0 Å². The third kappa shape index (κ3) is 4.98. The standard InChI is InChI=1S/C17H28N4O.2ClH/c1-5-20(12(2)3)16-7-6-15(10-19-16)17(22)21-11-14(9-18)8-13(21)4;;/h6-7,10,12-14H,5,8-9,11,18H2,1-4H3;2*1H. The Balaban J connectivity index is 0.00000264. The first kappa shape index (κ1) is 23.0. The second-order valence-corrected chi connectivity index (χ2v) is 6.43. The van der Waals surface area contributed by atoms with Crippen LogP contribution in [0.5, 0.6) is 0 Å². The van der Waals surface area contributed by atoms with E-state index in [1.165, 1.54) is 0 Å². The molecular weight excluding hydrogens is 347 g/mol. The number of amides is 1. The number of hydrogen-bond donors (Lipinski definition) is 1. The number of halogens is 2. The van der Waals surface area contributed by atoms with Crippen molar-refractivity contribution in [2.45, 2.75) is 46.2 Å². The predicted octanol–water partition coefficient (Wildman–Crippen LogP) is 2.97. The SMILES string of the molecule is CCN(c1ccc(C(=O)N2CC(CN)CC2C)cn1)C(C)C.Cl.Cl. The van der Waals surface area contributed by atoms with Crippen LogP contribution in [-0.4, -0.2) is 47.5 Å². The van der Waals surface area contributed by atoms with E-state index >= 15 is 0 Å². The molecule has 1 fully saturated rings. The van der Waals surface area contributed by atoms with E-state index in [0.717, 1.165) is 25.3 Å². The quantitative estimate of drug-likeness (QED) is 0.857. The lowest BCUT2D eigenvalue weighted by Crippen LogP contribution is -2.35. The zero-order valence-electron chi connectivity index (χ0n) is 14.9. The van der Waals surface area contributed by atoms with Gasteiger partial charge in [0.15, 0.2) is 0 Å². The number of nitrogens with zero attached hydrogens (tertiary/aromatic N) is 3. The maximum atomic E-state index is 12.6. The molecule has 138 valence electrons. The van der Waals surface area contributed by atoms with Gasteiger partial charge >= 0.3 is 0 Å².